The molecule has 0 saturated carbocycles. The molecule has 0 aromatic heterocycles. The molecule has 0 aliphatic carbocycles. The Morgan fingerprint density at radius 3 is 2.46 bits per heavy atom. The first kappa shape index (κ1) is 16.8. The van der Waals surface area contributed by atoms with E-state index in [0.717, 1.165) is 6.07 Å². The number of hydrogen-bond donors (Lipinski definition) is 1. The first-order valence-electron chi connectivity index (χ1n) is 6.78. The Morgan fingerprint density at radius 2 is 1.88 bits per heavy atom. The number of nitro benzene ring substituents is 1. The van der Waals surface area contributed by atoms with Gasteiger partial charge in [-0.2, -0.15) is 0 Å². The third-order valence-electron chi connectivity index (χ3n) is 3.23. The van der Waals surface area contributed by atoms with Crippen LogP contribution in [0.25, 0.3) is 0 Å². The van der Waals surface area contributed by atoms with Crippen LogP contribution in [0, 0.1) is 22.5 Å². The molecule has 0 aliphatic heterocycles. The number of nitro groups is 1. The third-order valence-corrected chi connectivity index (χ3v) is 3.23. The predicted molar refractivity (Wildman–Crippen MR) is 88.5 cm³/mol. The summed E-state index contributed by atoms with van der Waals surface area (Å²) in [5.41, 5.74) is 0.469. The summed E-state index contributed by atoms with van der Waals surface area (Å²) in [6.07, 6.45) is 5.31. The minimum absolute atomic E-state index is 0.149. The molecule has 0 unspecified atom stereocenters. The number of carbonyl (C=O) groups excluding carboxylic acids is 1. The number of anilines is 1. The zero-order valence-electron chi connectivity index (χ0n) is 13.0. The molecule has 2 aromatic carbocycles. The fraction of sp³-hybridized carbons (Fsp3) is 0.118. The van der Waals surface area contributed by atoms with Crippen molar-refractivity contribution >= 4 is 17.3 Å². The van der Waals surface area contributed by atoms with Crippen molar-refractivity contribution in [2.45, 2.75) is 0 Å². The van der Waals surface area contributed by atoms with E-state index in [2.05, 4.69) is 11.2 Å². The first-order chi connectivity index (χ1) is 11.5. The summed E-state index contributed by atoms with van der Waals surface area (Å²) in [6.45, 7) is 0. The molecule has 0 heterocycles. The van der Waals surface area contributed by atoms with E-state index in [4.69, 9.17) is 15.9 Å². The molecule has 1 N–H and O–H groups in total. The van der Waals surface area contributed by atoms with E-state index >= 15 is 0 Å². The number of rotatable bonds is 5. The van der Waals surface area contributed by atoms with Crippen molar-refractivity contribution in [1.82, 2.24) is 0 Å². The molecule has 7 nitrogen and oxygen atoms in total. The highest BCUT2D eigenvalue weighted by Gasteiger charge is 2.24. The number of benzene rings is 2. The van der Waals surface area contributed by atoms with Crippen LogP contribution in [-0.2, 0) is 0 Å². The lowest BCUT2D eigenvalue weighted by atomic mass is 10.1. The van der Waals surface area contributed by atoms with Crippen LogP contribution in [0.4, 0.5) is 11.4 Å². The van der Waals surface area contributed by atoms with E-state index in [0.29, 0.717) is 11.3 Å². The van der Waals surface area contributed by atoms with Crippen molar-refractivity contribution in [2.24, 2.45) is 0 Å². The smallest absolute Gasteiger partial charge is 0.286 e. The topological polar surface area (TPSA) is 90.7 Å². The summed E-state index contributed by atoms with van der Waals surface area (Å²) < 4.78 is 10.1. The summed E-state index contributed by atoms with van der Waals surface area (Å²) in [5.74, 6) is 2.17. The van der Waals surface area contributed by atoms with Crippen LogP contribution in [-0.4, -0.2) is 25.1 Å². The van der Waals surface area contributed by atoms with Gasteiger partial charge in [0, 0.05) is 17.3 Å². The van der Waals surface area contributed by atoms with Crippen molar-refractivity contribution in [3.63, 3.8) is 0 Å². The molecule has 122 valence electrons. The minimum atomic E-state index is -0.658. The van der Waals surface area contributed by atoms with Gasteiger partial charge in [-0.1, -0.05) is 12.0 Å². The number of ether oxygens (including phenoxy) is 2. The van der Waals surface area contributed by atoms with Gasteiger partial charge in [-0.05, 0) is 18.2 Å². The van der Waals surface area contributed by atoms with Crippen molar-refractivity contribution in [2.75, 3.05) is 19.5 Å². The normalized spacial score (nSPS) is 9.71. The molecular weight excluding hydrogens is 312 g/mol. The second kappa shape index (κ2) is 7.15. The highest BCUT2D eigenvalue weighted by molar-refractivity contribution is 6.07. The summed E-state index contributed by atoms with van der Waals surface area (Å²) in [6, 6.07) is 9.00. The quantitative estimate of drug-likeness (QED) is 0.518. The maximum absolute atomic E-state index is 12.4. The molecule has 0 aliphatic rings. The lowest BCUT2D eigenvalue weighted by Gasteiger charge is -2.11. The molecule has 0 fully saturated rings. The Labute approximate surface area is 138 Å². The lowest BCUT2D eigenvalue weighted by molar-refractivity contribution is -0.385. The van der Waals surface area contributed by atoms with Crippen LogP contribution >= 0.6 is 0 Å². The maximum atomic E-state index is 12.4. The van der Waals surface area contributed by atoms with Crippen molar-refractivity contribution < 1.29 is 19.2 Å². The summed E-state index contributed by atoms with van der Waals surface area (Å²) in [5, 5.41) is 13.8. The highest BCUT2D eigenvalue weighted by atomic mass is 16.6. The van der Waals surface area contributed by atoms with Gasteiger partial charge >= 0.3 is 0 Å². The monoisotopic (exact) mass is 326 g/mol. The molecule has 1 amide bonds. The van der Waals surface area contributed by atoms with Crippen molar-refractivity contribution in [3.8, 4) is 23.8 Å². The SMILES string of the molecule is C#Cc1cccc(NC(=O)c2cc(OC)c(OC)cc2[N+](=O)[O-])c1. The number of carbonyl (C=O) groups is 1. The summed E-state index contributed by atoms with van der Waals surface area (Å²) in [7, 11) is 2.73. The largest absolute Gasteiger partial charge is 0.493 e. The Morgan fingerprint density at radius 1 is 1.21 bits per heavy atom. The number of nitrogens with zero attached hydrogens (tertiary/aromatic N) is 1. The van der Waals surface area contributed by atoms with Gasteiger partial charge in [0.05, 0.1) is 25.2 Å². The zero-order valence-corrected chi connectivity index (χ0v) is 13.0. The van der Waals surface area contributed by atoms with Gasteiger partial charge in [0.15, 0.2) is 11.5 Å². The van der Waals surface area contributed by atoms with Crippen LogP contribution in [0.3, 0.4) is 0 Å². The van der Waals surface area contributed by atoms with Crippen molar-refractivity contribution in [3.05, 3.63) is 57.6 Å². The predicted octanol–water partition coefficient (Wildman–Crippen LogP) is 2.85. The second-order valence-electron chi connectivity index (χ2n) is 4.66. The van der Waals surface area contributed by atoms with Crippen molar-refractivity contribution in [1.29, 1.82) is 0 Å². The van der Waals surface area contributed by atoms with E-state index in [-0.39, 0.29) is 17.1 Å². The van der Waals surface area contributed by atoms with Crippen LogP contribution in [0.15, 0.2) is 36.4 Å². The lowest BCUT2D eigenvalue weighted by Crippen LogP contribution is -2.14. The van der Waals surface area contributed by atoms with Gasteiger partial charge in [-0.3, -0.25) is 14.9 Å². The molecule has 0 atom stereocenters. The number of hydrogen-bond acceptors (Lipinski definition) is 5. The van der Waals surface area contributed by atoms with E-state index in [1.807, 2.05) is 0 Å². The van der Waals surface area contributed by atoms with E-state index in [9.17, 15) is 14.9 Å². The highest BCUT2D eigenvalue weighted by Crippen LogP contribution is 2.34. The second-order valence-corrected chi connectivity index (χ2v) is 4.66. The van der Waals surface area contributed by atoms with Gasteiger partial charge < -0.3 is 14.8 Å². The van der Waals surface area contributed by atoms with E-state index in [1.54, 1.807) is 24.3 Å². The Bertz CT molecular complexity index is 839. The fourth-order valence-electron chi connectivity index (χ4n) is 2.09. The molecular formula is C17H14N2O5. The maximum Gasteiger partial charge on any atom is 0.286 e. The summed E-state index contributed by atoms with van der Waals surface area (Å²) >= 11 is 0. The number of nitrogens with one attached hydrogen (secondary N) is 1. The molecule has 0 saturated heterocycles. The van der Waals surface area contributed by atoms with Gasteiger partial charge in [0.25, 0.3) is 11.6 Å². The molecule has 24 heavy (non-hydrogen) atoms. The average molecular weight is 326 g/mol. The van der Waals surface area contributed by atoms with E-state index < -0.39 is 16.5 Å². The third kappa shape index (κ3) is 3.44. The first-order valence-corrected chi connectivity index (χ1v) is 6.78. The Balaban J connectivity index is 2.44. The Hall–Kier alpha value is -3.53. The van der Waals surface area contributed by atoms with Crippen LogP contribution in [0.1, 0.15) is 15.9 Å². The average Bonchev–Trinajstić information content (AvgIpc) is 2.60. The van der Waals surface area contributed by atoms with Gasteiger partial charge in [0.2, 0.25) is 0 Å². The molecule has 0 radical (unpaired) electrons. The van der Waals surface area contributed by atoms with Crippen LogP contribution < -0.4 is 14.8 Å². The van der Waals surface area contributed by atoms with E-state index in [1.165, 1.54) is 20.3 Å². The molecule has 7 heteroatoms. The van der Waals surface area contributed by atoms with Gasteiger partial charge in [0.1, 0.15) is 5.56 Å². The minimum Gasteiger partial charge on any atom is -0.493 e. The van der Waals surface area contributed by atoms with Crippen LogP contribution in [0.2, 0.25) is 0 Å². The number of terminal acetylenes is 1. The fourth-order valence-corrected chi connectivity index (χ4v) is 2.09. The summed E-state index contributed by atoms with van der Waals surface area (Å²) in [4.78, 5) is 23.0. The molecule has 2 aromatic rings. The molecule has 0 bridgehead atoms. The van der Waals surface area contributed by atoms with Gasteiger partial charge in [-0.15, -0.1) is 6.42 Å². The molecule has 0 spiro atoms. The Kier molecular flexibility index (Phi) is 5.02. The standard InChI is InChI=1S/C17H14N2O5/c1-4-11-6-5-7-12(8-11)18-17(20)13-9-15(23-2)16(24-3)10-14(13)19(21)22/h1,5-10H,2-3H3,(H,18,20). The van der Waals surface area contributed by atoms with Crippen LogP contribution in [0.5, 0.6) is 11.5 Å². The number of methoxy groups -OCH3 is 2. The molecule has 2 rings (SSSR count). The van der Waals surface area contributed by atoms with Gasteiger partial charge in [-0.25, -0.2) is 0 Å². The zero-order chi connectivity index (χ0) is 17.7. The number of amides is 1.